The molecule has 0 saturated heterocycles. The molecule has 0 N–H and O–H groups in total. The van der Waals surface area contributed by atoms with Crippen molar-refractivity contribution >= 4 is 40.7 Å². The summed E-state index contributed by atoms with van der Waals surface area (Å²) in [4.78, 5) is 11.5. The van der Waals surface area contributed by atoms with Gasteiger partial charge in [-0.3, -0.25) is 4.79 Å². The van der Waals surface area contributed by atoms with Crippen LogP contribution in [-0.4, -0.2) is 17.3 Å². The fourth-order valence-electron chi connectivity index (χ4n) is 1.14. The van der Waals surface area contributed by atoms with Crippen LogP contribution in [0.25, 0.3) is 0 Å². The van der Waals surface area contributed by atoms with Crippen molar-refractivity contribution in [1.29, 1.82) is 0 Å². The standard InChI is InChI=1S/C11H12Cl2OS/c1-2-15-7-10(14)5-8-3-4-9(12)6-11(8)13/h3-4,6H,2,5,7H2,1H3. The minimum absolute atomic E-state index is 0.200. The summed E-state index contributed by atoms with van der Waals surface area (Å²) in [6.45, 7) is 2.03. The molecule has 1 aromatic rings. The van der Waals surface area contributed by atoms with Gasteiger partial charge in [0.15, 0.2) is 0 Å². The maximum absolute atomic E-state index is 11.5. The van der Waals surface area contributed by atoms with Gasteiger partial charge < -0.3 is 0 Å². The molecular formula is C11H12Cl2OS. The fraction of sp³-hybridized carbons (Fsp3) is 0.364. The van der Waals surface area contributed by atoms with Crippen LogP contribution in [0.3, 0.4) is 0 Å². The Kier molecular flexibility index (Phi) is 5.51. The monoisotopic (exact) mass is 262 g/mol. The average Bonchev–Trinajstić information content (AvgIpc) is 2.19. The number of thioether (sulfide) groups is 1. The number of ketones is 1. The Hall–Kier alpha value is -0.180. The first kappa shape index (κ1) is 12.9. The molecule has 1 rings (SSSR count). The van der Waals surface area contributed by atoms with Crippen LogP contribution in [0.4, 0.5) is 0 Å². The minimum atomic E-state index is 0.200. The van der Waals surface area contributed by atoms with Gasteiger partial charge in [0.05, 0.1) is 5.75 Å². The summed E-state index contributed by atoms with van der Waals surface area (Å²) in [6, 6.07) is 5.22. The smallest absolute Gasteiger partial charge is 0.147 e. The van der Waals surface area contributed by atoms with E-state index in [2.05, 4.69) is 0 Å². The zero-order valence-electron chi connectivity index (χ0n) is 8.43. The van der Waals surface area contributed by atoms with Crippen LogP contribution in [0.1, 0.15) is 12.5 Å². The highest BCUT2D eigenvalue weighted by atomic mass is 35.5. The summed E-state index contributed by atoms with van der Waals surface area (Å²) in [5.41, 5.74) is 0.850. The number of carbonyl (C=O) groups excluding carboxylic acids is 1. The van der Waals surface area contributed by atoms with Crippen molar-refractivity contribution in [3.8, 4) is 0 Å². The Morgan fingerprint density at radius 1 is 1.40 bits per heavy atom. The van der Waals surface area contributed by atoms with E-state index in [-0.39, 0.29) is 5.78 Å². The molecule has 82 valence electrons. The van der Waals surface area contributed by atoms with Crippen molar-refractivity contribution in [2.75, 3.05) is 11.5 Å². The molecule has 1 aromatic carbocycles. The van der Waals surface area contributed by atoms with Gasteiger partial charge in [-0.15, -0.1) is 0 Å². The molecule has 4 heteroatoms. The second-order valence-corrected chi connectivity index (χ2v) is 5.21. The normalized spacial score (nSPS) is 10.3. The summed E-state index contributed by atoms with van der Waals surface area (Å²) in [6.07, 6.45) is 0.392. The lowest BCUT2D eigenvalue weighted by Gasteiger charge is -2.03. The van der Waals surface area contributed by atoms with Gasteiger partial charge in [-0.1, -0.05) is 36.2 Å². The Morgan fingerprint density at radius 2 is 2.13 bits per heavy atom. The van der Waals surface area contributed by atoms with Gasteiger partial charge in [-0.2, -0.15) is 11.8 Å². The summed E-state index contributed by atoms with van der Waals surface area (Å²) >= 11 is 13.4. The second kappa shape index (κ2) is 6.41. The Labute approximate surface area is 104 Å². The van der Waals surface area contributed by atoms with E-state index in [1.807, 2.05) is 6.92 Å². The molecule has 0 saturated carbocycles. The second-order valence-electron chi connectivity index (χ2n) is 3.09. The Morgan fingerprint density at radius 3 is 2.73 bits per heavy atom. The molecule has 15 heavy (non-hydrogen) atoms. The highest BCUT2D eigenvalue weighted by Crippen LogP contribution is 2.21. The molecule has 0 bridgehead atoms. The number of hydrogen-bond donors (Lipinski definition) is 0. The Bertz CT molecular complexity index is 352. The number of rotatable bonds is 5. The van der Waals surface area contributed by atoms with Crippen LogP contribution >= 0.6 is 35.0 Å². The SMILES string of the molecule is CCSCC(=O)Cc1ccc(Cl)cc1Cl. The number of Topliss-reactive ketones (excluding diaryl/α,β-unsaturated/α-hetero) is 1. The van der Waals surface area contributed by atoms with Gasteiger partial charge in [0.1, 0.15) is 5.78 Å². The zero-order chi connectivity index (χ0) is 11.3. The van der Waals surface area contributed by atoms with E-state index in [4.69, 9.17) is 23.2 Å². The lowest BCUT2D eigenvalue weighted by Crippen LogP contribution is -2.06. The molecule has 0 unspecified atom stereocenters. The molecule has 0 spiro atoms. The fourth-order valence-corrected chi connectivity index (χ4v) is 2.15. The van der Waals surface area contributed by atoms with Crippen molar-refractivity contribution in [2.45, 2.75) is 13.3 Å². The third-order valence-corrected chi connectivity index (χ3v) is 3.39. The summed E-state index contributed by atoms with van der Waals surface area (Å²) in [5, 5.41) is 1.16. The average molecular weight is 263 g/mol. The van der Waals surface area contributed by atoms with E-state index in [1.54, 1.807) is 30.0 Å². The third-order valence-electron chi connectivity index (χ3n) is 1.87. The van der Waals surface area contributed by atoms with Crippen molar-refractivity contribution in [2.24, 2.45) is 0 Å². The van der Waals surface area contributed by atoms with E-state index in [0.29, 0.717) is 22.2 Å². The first-order valence-electron chi connectivity index (χ1n) is 4.67. The maximum Gasteiger partial charge on any atom is 0.147 e. The van der Waals surface area contributed by atoms with Gasteiger partial charge in [0.2, 0.25) is 0 Å². The number of hydrogen-bond acceptors (Lipinski definition) is 2. The Balaban J connectivity index is 2.60. The van der Waals surface area contributed by atoms with Gasteiger partial charge in [0.25, 0.3) is 0 Å². The molecule has 0 aromatic heterocycles. The molecule has 0 aliphatic heterocycles. The lowest BCUT2D eigenvalue weighted by molar-refractivity contribution is -0.116. The van der Waals surface area contributed by atoms with Gasteiger partial charge in [0, 0.05) is 16.5 Å². The molecule has 0 fully saturated rings. The highest BCUT2D eigenvalue weighted by molar-refractivity contribution is 7.99. The minimum Gasteiger partial charge on any atom is -0.298 e. The van der Waals surface area contributed by atoms with E-state index in [9.17, 15) is 4.79 Å². The summed E-state index contributed by atoms with van der Waals surface area (Å²) in [5.74, 6) is 1.71. The molecule has 0 atom stereocenters. The first-order chi connectivity index (χ1) is 7.13. The predicted molar refractivity (Wildman–Crippen MR) is 68.2 cm³/mol. The molecule has 0 aliphatic carbocycles. The van der Waals surface area contributed by atoms with Crippen LogP contribution in [-0.2, 0) is 11.2 Å². The number of carbonyl (C=O) groups is 1. The van der Waals surface area contributed by atoms with Gasteiger partial charge in [-0.05, 0) is 23.4 Å². The topological polar surface area (TPSA) is 17.1 Å². The number of benzene rings is 1. The highest BCUT2D eigenvalue weighted by Gasteiger charge is 2.07. The maximum atomic E-state index is 11.5. The van der Waals surface area contributed by atoms with Crippen molar-refractivity contribution < 1.29 is 4.79 Å². The van der Waals surface area contributed by atoms with E-state index < -0.39 is 0 Å². The van der Waals surface area contributed by atoms with Crippen molar-refractivity contribution in [3.63, 3.8) is 0 Å². The van der Waals surface area contributed by atoms with E-state index >= 15 is 0 Å². The molecule has 0 heterocycles. The molecule has 0 radical (unpaired) electrons. The van der Waals surface area contributed by atoms with Crippen LogP contribution in [0.5, 0.6) is 0 Å². The predicted octanol–water partition coefficient (Wildman–Crippen LogP) is 3.86. The summed E-state index contributed by atoms with van der Waals surface area (Å²) in [7, 11) is 0. The van der Waals surface area contributed by atoms with Crippen molar-refractivity contribution in [1.82, 2.24) is 0 Å². The molecule has 0 aliphatic rings. The lowest BCUT2D eigenvalue weighted by atomic mass is 10.1. The van der Waals surface area contributed by atoms with E-state index in [1.165, 1.54) is 0 Å². The molecular weight excluding hydrogens is 251 g/mol. The van der Waals surface area contributed by atoms with Gasteiger partial charge >= 0.3 is 0 Å². The van der Waals surface area contributed by atoms with Crippen molar-refractivity contribution in [3.05, 3.63) is 33.8 Å². The van der Waals surface area contributed by atoms with Gasteiger partial charge in [-0.25, -0.2) is 0 Å². The molecule has 1 nitrogen and oxygen atoms in total. The largest absolute Gasteiger partial charge is 0.298 e. The summed E-state index contributed by atoms with van der Waals surface area (Å²) < 4.78 is 0. The third kappa shape index (κ3) is 4.45. The van der Waals surface area contributed by atoms with Crippen LogP contribution in [0.2, 0.25) is 10.0 Å². The van der Waals surface area contributed by atoms with Crippen LogP contribution < -0.4 is 0 Å². The number of halogens is 2. The first-order valence-corrected chi connectivity index (χ1v) is 6.58. The zero-order valence-corrected chi connectivity index (χ0v) is 10.8. The molecule has 0 amide bonds. The quantitative estimate of drug-likeness (QED) is 0.802. The van der Waals surface area contributed by atoms with Crippen LogP contribution in [0.15, 0.2) is 18.2 Å². The van der Waals surface area contributed by atoms with Crippen LogP contribution in [0, 0.1) is 0 Å². The van der Waals surface area contributed by atoms with E-state index in [0.717, 1.165) is 11.3 Å².